The van der Waals surface area contributed by atoms with Crippen molar-refractivity contribution in [2.24, 2.45) is 0 Å². The van der Waals surface area contributed by atoms with Crippen molar-refractivity contribution >= 4 is 22.6 Å². The number of ether oxygens (including phenoxy) is 1. The third kappa shape index (κ3) is 3.72. The average Bonchev–Trinajstić information content (AvgIpc) is 2.72. The molecule has 0 unspecified atom stereocenters. The van der Waals surface area contributed by atoms with Crippen molar-refractivity contribution < 1.29 is 14.6 Å². The number of pyridine rings is 1. The number of rotatable bonds is 5. The van der Waals surface area contributed by atoms with Crippen LogP contribution in [-0.4, -0.2) is 29.1 Å². The minimum atomic E-state index is -1.02. The monoisotopic (exact) mass is 362 g/mol. The first-order valence-corrected chi connectivity index (χ1v) is 9.31. The van der Waals surface area contributed by atoms with Crippen molar-refractivity contribution in [1.29, 1.82) is 0 Å². The smallest absolute Gasteiger partial charge is 0.354 e. The quantitative estimate of drug-likeness (QED) is 0.724. The Labute approximate surface area is 158 Å². The Kier molecular flexibility index (Phi) is 4.92. The molecule has 0 atom stereocenters. The standard InChI is InChI=1S/C22H22N2O3/c25-22(26)18-14-19(24-12-5-2-6-13-24)17-10-7-11-20(21(17)23-18)27-15-16-8-3-1-4-9-16/h1,3-4,7-11,14H,2,5-6,12-13,15H2,(H,25,26). The van der Waals surface area contributed by atoms with Gasteiger partial charge in [0.15, 0.2) is 5.69 Å². The van der Waals surface area contributed by atoms with Gasteiger partial charge >= 0.3 is 5.97 Å². The summed E-state index contributed by atoms with van der Waals surface area (Å²) in [4.78, 5) is 18.3. The molecule has 4 rings (SSSR count). The number of nitrogens with zero attached hydrogens (tertiary/aromatic N) is 2. The molecule has 1 N–H and O–H groups in total. The first-order chi connectivity index (χ1) is 13.2. The van der Waals surface area contributed by atoms with E-state index in [1.54, 1.807) is 6.07 Å². The number of carboxylic acids is 1. The maximum atomic E-state index is 11.6. The van der Waals surface area contributed by atoms with E-state index in [0.717, 1.165) is 42.6 Å². The minimum Gasteiger partial charge on any atom is -0.487 e. The maximum Gasteiger partial charge on any atom is 0.354 e. The second-order valence-corrected chi connectivity index (χ2v) is 6.81. The minimum absolute atomic E-state index is 0.0545. The molecule has 0 spiro atoms. The number of fused-ring (bicyclic) bond motifs is 1. The third-order valence-electron chi connectivity index (χ3n) is 4.93. The van der Waals surface area contributed by atoms with Gasteiger partial charge in [-0.2, -0.15) is 0 Å². The molecule has 5 nitrogen and oxygen atoms in total. The van der Waals surface area contributed by atoms with Gasteiger partial charge in [0.1, 0.15) is 17.9 Å². The number of hydrogen-bond donors (Lipinski definition) is 1. The highest BCUT2D eigenvalue weighted by Gasteiger charge is 2.19. The van der Waals surface area contributed by atoms with Crippen LogP contribution >= 0.6 is 0 Å². The number of carbonyl (C=O) groups is 1. The molecule has 2 heterocycles. The predicted octanol–water partition coefficient (Wildman–Crippen LogP) is 4.50. The van der Waals surface area contributed by atoms with Crippen molar-refractivity contribution in [1.82, 2.24) is 4.98 Å². The van der Waals surface area contributed by atoms with Crippen molar-refractivity contribution in [3.63, 3.8) is 0 Å². The Bertz CT molecular complexity index is 950. The van der Waals surface area contributed by atoms with E-state index in [1.807, 2.05) is 48.5 Å². The van der Waals surface area contributed by atoms with Crippen LogP contribution in [0, 0.1) is 0 Å². The van der Waals surface area contributed by atoms with Crippen molar-refractivity contribution in [2.45, 2.75) is 25.9 Å². The lowest BCUT2D eigenvalue weighted by atomic mass is 10.1. The SMILES string of the molecule is O=C(O)c1cc(N2CCCCC2)c2cccc(OCc3ccccc3)c2n1. The summed E-state index contributed by atoms with van der Waals surface area (Å²) in [6, 6.07) is 17.4. The van der Waals surface area contributed by atoms with Gasteiger partial charge in [-0.05, 0) is 37.0 Å². The normalized spacial score (nSPS) is 14.3. The highest BCUT2D eigenvalue weighted by molar-refractivity contribution is 5.99. The molecule has 2 aromatic carbocycles. The van der Waals surface area contributed by atoms with Crippen LogP contribution in [0.3, 0.4) is 0 Å². The summed E-state index contributed by atoms with van der Waals surface area (Å²) in [6.45, 7) is 2.29. The highest BCUT2D eigenvalue weighted by atomic mass is 16.5. The third-order valence-corrected chi connectivity index (χ3v) is 4.93. The van der Waals surface area contributed by atoms with E-state index in [9.17, 15) is 9.90 Å². The summed E-state index contributed by atoms with van der Waals surface area (Å²) in [5.41, 5.74) is 2.65. The van der Waals surface area contributed by atoms with Gasteiger partial charge in [0, 0.05) is 24.2 Å². The van der Waals surface area contributed by atoms with Gasteiger partial charge in [-0.1, -0.05) is 42.5 Å². The van der Waals surface area contributed by atoms with Crippen molar-refractivity contribution in [3.8, 4) is 5.75 Å². The summed E-state index contributed by atoms with van der Waals surface area (Å²) in [5, 5.41) is 10.5. The molecule has 0 bridgehead atoms. The fourth-order valence-corrected chi connectivity index (χ4v) is 3.56. The molecule has 1 aromatic heterocycles. The molecule has 27 heavy (non-hydrogen) atoms. The molecule has 0 radical (unpaired) electrons. The molecule has 1 fully saturated rings. The van der Waals surface area contributed by atoms with Crippen LogP contribution in [0.5, 0.6) is 5.75 Å². The fraction of sp³-hybridized carbons (Fsp3) is 0.273. The van der Waals surface area contributed by atoms with Gasteiger partial charge in [0.25, 0.3) is 0 Å². The number of carboxylic acid groups (broad SMARTS) is 1. The van der Waals surface area contributed by atoms with Crippen molar-refractivity contribution in [2.75, 3.05) is 18.0 Å². The second-order valence-electron chi connectivity index (χ2n) is 6.81. The van der Waals surface area contributed by atoms with Gasteiger partial charge in [-0.3, -0.25) is 0 Å². The Morgan fingerprint density at radius 1 is 1.04 bits per heavy atom. The molecular formula is C22H22N2O3. The van der Waals surface area contributed by atoms with E-state index in [0.29, 0.717) is 17.9 Å². The molecule has 1 aliphatic heterocycles. The Morgan fingerprint density at radius 2 is 1.81 bits per heavy atom. The molecule has 0 aliphatic carbocycles. The molecule has 3 aromatic rings. The Balaban J connectivity index is 1.76. The lowest BCUT2D eigenvalue weighted by molar-refractivity contribution is 0.0691. The number of benzene rings is 2. The zero-order chi connectivity index (χ0) is 18.6. The predicted molar refractivity (Wildman–Crippen MR) is 106 cm³/mol. The maximum absolute atomic E-state index is 11.6. The van der Waals surface area contributed by atoms with Crippen LogP contribution in [0.2, 0.25) is 0 Å². The highest BCUT2D eigenvalue weighted by Crippen LogP contribution is 2.34. The lowest BCUT2D eigenvalue weighted by Crippen LogP contribution is -2.29. The molecular weight excluding hydrogens is 340 g/mol. The zero-order valence-electron chi connectivity index (χ0n) is 15.1. The van der Waals surface area contributed by atoms with Gasteiger partial charge < -0.3 is 14.7 Å². The van der Waals surface area contributed by atoms with E-state index in [4.69, 9.17) is 4.74 Å². The van der Waals surface area contributed by atoms with Crippen LogP contribution in [0.15, 0.2) is 54.6 Å². The van der Waals surface area contributed by atoms with Crippen LogP contribution in [-0.2, 0) is 6.61 Å². The number of hydrogen-bond acceptors (Lipinski definition) is 4. The number of aromatic carboxylic acids is 1. The van der Waals surface area contributed by atoms with Gasteiger partial charge in [0.05, 0.1) is 0 Å². The van der Waals surface area contributed by atoms with E-state index in [1.165, 1.54) is 6.42 Å². The summed E-state index contributed by atoms with van der Waals surface area (Å²) in [6.07, 6.45) is 3.46. The van der Waals surface area contributed by atoms with Crippen LogP contribution in [0.4, 0.5) is 5.69 Å². The summed E-state index contributed by atoms with van der Waals surface area (Å²) in [5.74, 6) is -0.411. The van der Waals surface area contributed by atoms with Crippen LogP contribution < -0.4 is 9.64 Å². The summed E-state index contributed by atoms with van der Waals surface area (Å²) in [7, 11) is 0. The molecule has 1 saturated heterocycles. The largest absolute Gasteiger partial charge is 0.487 e. The van der Waals surface area contributed by atoms with Gasteiger partial charge in [0.2, 0.25) is 0 Å². The van der Waals surface area contributed by atoms with Gasteiger partial charge in [-0.25, -0.2) is 9.78 Å². The van der Waals surface area contributed by atoms with Crippen molar-refractivity contribution in [3.05, 3.63) is 65.9 Å². The second kappa shape index (κ2) is 7.66. The first-order valence-electron chi connectivity index (χ1n) is 9.31. The summed E-state index contributed by atoms with van der Waals surface area (Å²) >= 11 is 0. The Hall–Kier alpha value is -3.08. The lowest BCUT2D eigenvalue weighted by Gasteiger charge is -2.30. The van der Waals surface area contributed by atoms with E-state index in [2.05, 4.69) is 9.88 Å². The average molecular weight is 362 g/mol. The Morgan fingerprint density at radius 3 is 2.56 bits per heavy atom. The zero-order valence-corrected chi connectivity index (χ0v) is 15.1. The van der Waals surface area contributed by atoms with E-state index in [-0.39, 0.29) is 5.69 Å². The molecule has 138 valence electrons. The number of piperidine rings is 1. The number of aromatic nitrogens is 1. The number of anilines is 1. The number of para-hydroxylation sites is 1. The fourth-order valence-electron chi connectivity index (χ4n) is 3.56. The topological polar surface area (TPSA) is 62.7 Å². The summed E-state index contributed by atoms with van der Waals surface area (Å²) < 4.78 is 6.01. The van der Waals surface area contributed by atoms with E-state index >= 15 is 0 Å². The molecule has 1 aliphatic rings. The molecule has 0 amide bonds. The molecule has 5 heteroatoms. The van der Waals surface area contributed by atoms with Gasteiger partial charge in [-0.15, -0.1) is 0 Å². The van der Waals surface area contributed by atoms with Crippen LogP contribution in [0.25, 0.3) is 10.9 Å². The molecule has 0 saturated carbocycles. The first kappa shape index (κ1) is 17.3. The van der Waals surface area contributed by atoms with Crippen LogP contribution in [0.1, 0.15) is 35.3 Å². The van der Waals surface area contributed by atoms with E-state index < -0.39 is 5.97 Å².